The number of hydrogen-bond donors (Lipinski definition) is 1. The number of nitrogens with zero attached hydrogens (tertiary/aromatic N) is 1. The lowest BCUT2D eigenvalue weighted by Crippen LogP contribution is -2.27. The molecule has 1 unspecified atom stereocenters. The fraction of sp³-hybridized carbons (Fsp3) is 0.417. The van der Waals surface area contributed by atoms with Gasteiger partial charge in [-0.05, 0) is 29.9 Å². The van der Waals surface area contributed by atoms with Crippen LogP contribution in [0.15, 0.2) is 22.7 Å². The molecule has 0 saturated carbocycles. The lowest BCUT2D eigenvalue weighted by atomic mass is 10.1. The topological polar surface area (TPSA) is 20.3 Å². The Morgan fingerprint density at radius 1 is 1.42 bits per heavy atom. The van der Waals surface area contributed by atoms with Crippen LogP contribution in [0.4, 0.5) is 18.9 Å². The van der Waals surface area contributed by atoms with Gasteiger partial charge in [-0.3, -0.25) is 4.79 Å². The van der Waals surface area contributed by atoms with Crippen LogP contribution in [0, 0.1) is 5.92 Å². The van der Waals surface area contributed by atoms with E-state index in [2.05, 4.69) is 28.6 Å². The van der Waals surface area contributed by atoms with Crippen molar-refractivity contribution in [2.45, 2.75) is 12.6 Å². The molecule has 1 atom stereocenters. The predicted octanol–water partition coefficient (Wildman–Crippen LogP) is 3.75. The van der Waals surface area contributed by atoms with Crippen LogP contribution in [-0.2, 0) is 11.0 Å². The molecule has 1 saturated heterocycles. The van der Waals surface area contributed by atoms with E-state index in [0.717, 1.165) is 6.07 Å². The Hall–Kier alpha value is -0.690. The molecule has 1 amide bonds. The highest BCUT2D eigenvalue weighted by atomic mass is 79.9. The minimum absolute atomic E-state index is 0.00380. The second kappa shape index (κ2) is 5.36. The third-order valence-corrected chi connectivity index (χ3v) is 4.03. The Morgan fingerprint density at radius 3 is 2.63 bits per heavy atom. The van der Waals surface area contributed by atoms with Gasteiger partial charge in [-0.15, -0.1) is 0 Å². The first-order valence-corrected chi connectivity index (χ1v) is 7.03. The second-order valence-corrected chi connectivity index (χ2v) is 5.70. The van der Waals surface area contributed by atoms with Gasteiger partial charge in [0.15, 0.2) is 0 Å². The SMILES string of the molecule is O=C1CC(CS)CN1c1cc(Br)ccc1C(F)(F)F. The van der Waals surface area contributed by atoms with Crippen molar-refractivity contribution in [1.82, 2.24) is 0 Å². The molecule has 2 nitrogen and oxygen atoms in total. The highest BCUT2D eigenvalue weighted by Crippen LogP contribution is 2.40. The zero-order chi connectivity index (χ0) is 14.2. The first kappa shape index (κ1) is 14.7. The normalized spacial score (nSPS) is 20.2. The molecule has 1 aliphatic rings. The average molecular weight is 354 g/mol. The summed E-state index contributed by atoms with van der Waals surface area (Å²) in [5.74, 6) is 0.191. The van der Waals surface area contributed by atoms with E-state index >= 15 is 0 Å². The quantitative estimate of drug-likeness (QED) is 0.803. The van der Waals surface area contributed by atoms with E-state index in [0.29, 0.717) is 10.2 Å². The summed E-state index contributed by atoms with van der Waals surface area (Å²) in [6, 6.07) is 3.64. The fourth-order valence-corrected chi connectivity index (χ4v) is 2.70. The third-order valence-electron chi connectivity index (χ3n) is 3.02. The van der Waals surface area contributed by atoms with Crippen molar-refractivity contribution in [1.29, 1.82) is 0 Å². The maximum Gasteiger partial charge on any atom is 0.418 e. The van der Waals surface area contributed by atoms with Crippen molar-refractivity contribution >= 4 is 40.2 Å². The molecule has 0 radical (unpaired) electrons. The monoisotopic (exact) mass is 353 g/mol. The van der Waals surface area contributed by atoms with E-state index in [1.54, 1.807) is 0 Å². The van der Waals surface area contributed by atoms with Crippen molar-refractivity contribution in [3.63, 3.8) is 0 Å². The predicted molar refractivity (Wildman–Crippen MR) is 73.5 cm³/mol. The van der Waals surface area contributed by atoms with Gasteiger partial charge >= 0.3 is 6.18 Å². The standard InChI is InChI=1S/C12H11BrF3NOS/c13-8-1-2-9(12(14,15)16)10(4-8)17-5-7(6-19)3-11(17)18/h1-2,4,7,19H,3,5-6H2. The van der Waals surface area contributed by atoms with Gasteiger partial charge in [-0.25, -0.2) is 0 Å². The highest BCUT2D eigenvalue weighted by molar-refractivity contribution is 9.10. The van der Waals surface area contributed by atoms with Gasteiger partial charge < -0.3 is 4.90 Å². The van der Waals surface area contributed by atoms with E-state index in [1.807, 2.05) is 0 Å². The summed E-state index contributed by atoms with van der Waals surface area (Å²) >= 11 is 7.24. The number of hydrogen-bond acceptors (Lipinski definition) is 2. The van der Waals surface area contributed by atoms with Gasteiger partial charge in [-0.2, -0.15) is 25.8 Å². The minimum Gasteiger partial charge on any atom is -0.311 e. The van der Waals surface area contributed by atoms with Crippen molar-refractivity contribution < 1.29 is 18.0 Å². The van der Waals surface area contributed by atoms with E-state index in [1.165, 1.54) is 17.0 Å². The number of amides is 1. The summed E-state index contributed by atoms with van der Waals surface area (Å²) < 4.78 is 39.4. The molecule has 19 heavy (non-hydrogen) atoms. The summed E-state index contributed by atoms with van der Waals surface area (Å²) in [6.07, 6.45) is -4.23. The number of rotatable bonds is 2. The number of benzene rings is 1. The molecule has 0 aliphatic carbocycles. The van der Waals surface area contributed by atoms with Crippen molar-refractivity contribution in [2.75, 3.05) is 17.2 Å². The molecule has 0 spiro atoms. The average Bonchev–Trinajstić information content (AvgIpc) is 2.68. The first-order valence-electron chi connectivity index (χ1n) is 5.61. The molecule has 0 bridgehead atoms. The van der Waals surface area contributed by atoms with Gasteiger partial charge in [0.1, 0.15) is 0 Å². The van der Waals surface area contributed by atoms with Crippen LogP contribution in [-0.4, -0.2) is 18.2 Å². The van der Waals surface area contributed by atoms with E-state index in [4.69, 9.17) is 0 Å². The number of alkyl halides is 3. The number of anilines is 1. The van der Waals surface area contributed by atoms with E-state index in [9.17, 15) is 18.0 Å². The number of halogens is 4. The van der Waals surface area contributed by atoms with Crippen LogP contribution in [0.25, 0.3) is 0 Å². The van der Waals surface area contributed by atoms with Crippen LogP contribution in [0.1, 0.15) is 12.0 Å². The zero-order valence-corrected chi connectivity index (χ0v) is 12.2. The molecule has 104 valence electrons. The lowest BCUT2D eigenvalue weighted by Gasteiger charge is -2.22. The van der Waals surface area contributed by atoms with Gasteiger partial charge in [-0.1, -0.05) is 15.9 Å². The van der Waals surface area contributed by atoms with Gasteiger partial charge in [0.25, 0.3) is 0 Å². The van der Waals surface area contributed by atoms with Gasteiger partial charge in [0.2, 0.25) is 5.91 Å². The van der Waals surface area contributed by atoms with Crippen molar-refractivity contribution in [2.24, 2.45) is 5.92 Å². The Kier molecular flexibility index (Phi) is 4.15. The zero-order valence-electron chi connectivity index (χ0n) is 9.75. The molecule has 1 fully saturated rings. The van der Waals surface area contributed by atoms with Crippen LogP contribution in [0.2, 0.25) is 0 Å². The Labute approximate surface area is 122 Å². The molecule has 0 aromatic heterocycles. The van der Waals surface area contributed by atoms with Crippen molar-refractivity contribution in [3.05, 3.63) is 28.2 Å². The van der Waals surface area contributed by atoms with Crippen LogP contribution < -0.4 is 4.90 Å². The van der Waals surface area contributed by atoms with Gasteiger partial charge in [0.05, 0.1) is 11.3 Å². The molecule has 1 aliphatic heterocycles. The van der Waals surface area contributed by atoms with Crippen LogP contribution in [0.5, 0.6) is 0 Å². The van der Waals surface area contributed by atoms with Crippen molar-refractivity contribution in [3.8, 4) is 0 Å². The fourth-order valence-electron chi connectivity index (χ4n) is 2.10. The highest BCUT2D eigenvalue weighted by Gasteiger charge is 2.38. The number of thiol groups is 1. The smallest absolute Gasteiger partial charge is 0.311 e. The molecular weight excluding hydrogens is 343 g/mol. The largest absolute Gasteiger partial charge is 0.418 e. The Balaban J connectivity index is 2.44. The first-order chi connectivity index (χ1) is 8.82. The summed E-state index contributed by atoms with van der Waals surface area (Å²) in [6.45, 7) is 0.280. The Bertz CT molecular complexity index is 506. The van der Waals surface area contributed by atoms with Gasteiger partial charge in [0, 0.05) is 17.4 Å². The summed E-state index contributed by atoms with van der Waals surface area (Å²) in [7, 11) is 0. The molecular formula is C12H11BrF3NOS. The molecule has 0 N–H and O–H groups in total. The Morgan fingerprint density at radius 2 is 2.11 bits per heavy atom. The van der Waals surface area contributed by atoms with Crippen LogP contribution in [0.3, 0.4) is 0 Å². The lowest BCUT2D eigenvalue weighted by molar-refractivity contribution is -0.137. The maximum atomic E-state index is 13.0. The molecule has 2 rings (SSSR count). The summed E-state index contributed by atoms with van der Waals surface area (Å²) in [5, 5.41) is 0. The molecule has 7 heteroatoms. The van der Waals surface area contributed by atoms with E-state index in [-0.39, 0.29) is 30.5 Å². The molecule has 1 aromatic rings. The molecule has 1 heterocycles. The number of carbonyl (C=O) groups is 1. The number of carbonyl (C=O) groups excluding carboxylic acids is 1. The summed E-state index contributed by atoms with van der Waals surface area (Å²) in [5.41, 5.74) is -0.875. The minimum atomic E-state index is -4.48. The van der Waals surface area contributed by atoms with E-state index < -0.39 is 11.7 Å². The summed E-state index contributed by atoms with van der Waals surface area (Å²) in [4.78, 5) is 13.0. The van der Waals surface area contributed by atoms with Crippen LogP contribution >= 0.6 is 28.6 Å². The maximum absolute atomic E-state index is 13.0. The molecule has 1 aromatic carbocycles. The third kappa shape index (κ3) is 3.08. The second-order valence-electron chi connectivity index (χ2n) is 4.42.